The molecule has 0 radical (unpaired) electrons. The Hall–Kier alpha value is -3.37. The van der Waals surface area contributed by atoms with Crippen LogP contribution in [0, 0.1) is 0 Å². The largest absolute Gasteiger partial charge is 0.573 e. The highest BCUT2D eigenvalue weighted by Crippen LogP contribution is 2.38. The maximum absolute atomic E-state index is 12.5. The van der Waals surface area contributed by atoms with E-state index in [9.17, 15) is 18.3 Å². The van der Waals surface area contributed by atoms with Crippen molar-refractivity contribution >= 4 is 27.4 Å². The first-order valence-electron chi connectivity index (χ1n) is 8.99. The highest BCUT2D eigenvalue weighted by Gasteiger charge is 2.31. The summed E-state index contributed by atoms with van der Waals surface area (Å²) in [5.74, 6) is 0.453. The number of aliphatic hydroxyl groups is 1. The number of para-hydroxylation sites is 1. The lowest BCUT2D eigenvalue weighted by molar-refractivity contribution is -0.274. The number of nitrogen functional groups attached to an aromatic ring is 1. The summed E-state index contributed by atoms with van der Waals surface area (Å²) in [6, 6.07) is 14.1. The average Bonchev–Trinajstić information content (AvgIpc) is 3.17. The standard InChI is InChI=1S/C21H16F3N3O3S/c1-29-15-8-3-2-7-13(15)17(28)16-10-14-18(25)26-19(27-20(14)31-16)11-5-4-6-12(9-11)30-21(22,23)24/h2-10,17,28H,1H3,(H2,25,26,27). The number of aromatic nitrogens is 2. The zero-order valence-electron chi connectivity index (χ0n) is 16.1. The van der Waals surface area contributed by atoms with Crippen LogP contribution in [0.3, 0.4) is 0 Å². The normalized spacial score (nSPS) is 12.7. The summed E-state index contributed by atoms with van der Waals surface area (Å²) in [6.45, 7) is 0. The number of aliphatic hydroxyl groups excluding tert-OH is 1. The molecule has 1 unspecified atom stereocenters. The Morgan fingerprint density at radius 1 is 1.06 bits per heavy atom. The van der Waals surface area contributed by atoms with Crippen LogP contribution >= 0.6 is 11.3 Å². The molecule has 10 heteroatoms. The molecule has 2 aromatic carbocycles. The highest BCUT2D eigenvalue weighted by atomic mass is 32.1. The predicted octanol–water partition coefficient (Wildman–Crippen LogP) is 4.93. The van der Waals surface area contributed by atoms with Crippen molar-refractivity contribution in [3.05, 3.63) is 65.0 Å². The number of halogens is 3. The van der Waals surface area contributed by atoms with Gasteiger partial charge < -0.3 is 20.3 Å². The summed E-state index contributed by atoms with van der Waals surface area (Å²) in [7, 11) is 1.52. The molecular formula is C21H16F3N3O3S. The SMILES string of the molecule is COc1ccccc1C(O)c1cc2c(N)nc(-c3cccc(OC(F)(F)F)c3)nc2s1. The number of nitrogens with zero attached hydrogens (tertiary/aromatic N) is 2. The third-order valence-corrected chi connectivity index (χ3v) is 5.55. The van der Waals surface area contributed by atoms with Gasteiger partial charge in [0.1, 0.15) is 28.3 Å². The van der Waals surface area contributed by atoms with E-state index in [0.29, 0.717) is 32.0 Å². The number of fused-ring (bicyclic) bond motifs is 1. The van der Waals surface area contributed by atoms with Crippen molar-refractivity contribution in [3.8, 4) is 22.9 Å². The molecular weight excluding hydrogens is 431 g/mol. The van der Waals surface area contributed by atoms with Crippen molar-refractivity contribution in [2.24, 2.45) is 0 Å². The van der Waals surface area contributed by atoms with Crippen molar-refractivity contribution < 1.29 is 27.8 Å². The quantitative estimate of drug-likeness (QED) is 0.451. The molecule has 4 aromatic rings. The fourth-order valence-electron chi connectivity index (χ4n) is 3.10. The van der Waals surface area contributed by atoms with Crippen LogP contribution in [-0.2, 0) is 0 Å². The number of hydrogen-bond acceptors (Lipinski definition) is 7. The second kappa shape index (κ2) is 8.05. The van der Waals surface area contributed by atoms with Gasteiger partial charge in [0.05, 0.1) is 12.5 Å². The molecule has 0 saturated carbocycles. The van der Waals surface area contributed by atoms with Gasteiger partial charge in [-0.1, -0.05) is 30.3 Å². The lowest BCUT2D eigenvalue weighted by Gasteiger charge is -2.12. The third kappa shape index (κ3) is 4.39. The Labute approximate surface area is 178 Å². The monoisotopic (exact) mass is 447 g/mol. The lowest BCUT2D eigenvalue weighted by atomic mass is 10.1. The summed E-state index contributed by atoms with van der Waals surface area (Å²) in [5.41, 5.74) is 6.98. The van der Waals surface area contributed by atoms with Gasteiger partial charge in [-0.05, 0) is 24.3 Å². The van der Waals surface area contributed by atoms with Gasteiger partial charge in [-0.2, -0.15) is 0 Å². The highest BCUT2D eigenvalue weighted by molar-refractivity contribution is 7.18. The summed E-state index contributed by atoms with van der Waals surface area (Å²) in [5, 5.41) is 11.4. The first-order valence-corrected chi connectivity index (χ1v) is 9.81. The Kier molecular flexibility index (Phi) is 5.42. The van der Waals surface area contributed by atoms with Crippen molar-refractivity contribution in [2.45, 2.75) is 12.5 Å². The van der Waals surface area contributed by atoms with E-state index in [1.165, 1.54) is 36.6 Å². The fourth-order valence-corrected chi connectivity index (χ4v) is 4.15. The number of methoxy groups -OCH3 is 1. The van der Waals surface area contributed by atoms with Crippen LogP contribution in [0.15, 0.2) is 54.6 Å². The van der Waals surface area contributed by atoms with Crippen LogP contribution in [0.25, 0.3) is 21.6 Å². The molecule has 0 fully saturated rings. The number of thiophene rings is 1. The summed E-state index contributed by atoms with van der Waals surface area (Å²) in [6.07, 6.45) is -5.78. The van der Waals surface area contributed by atoms with Gasteiger partial charge in [-0.15, -0.1) is 24.5 Å². The molecule has 0 saturated heterocycles. The smallest absolute Gasteiger partial charge is 0.496 e. The van der Waals surface area contributed by atoms with E-state index in [0.717, 1.165) is 0 Å². The van der Waals surface area contributed by atoms with Gasteiger partial charge in [0.15, 0.2) is 5.82 Å². The van der Waals surface area contributed by atoms with E-state index in [4.69, 9.17) is 10.5 Å². The predicted molar refractivity (Wildman–Crippen MR) is 111 cm³/mol. The van der Waals surface area contributed by atoms with Crippen molar-refractivity contribution in [1.29, 1.82) is 0 Å². The molecule has 0 aliphatic carbocycles. The van der Waals surface area contributed by atoms with Crippen LogP contribution in [0.5, 0.6) is 11.5 Å². The van der Waals surface area contributed by atoms with Crippen molar-refractivity contribution in [3.63, 3.8) is 0 Å². The fraction of sp³-hybridized carbons (Fsp3) is 0.143. The molecule has 31 heavy (non-hydrogen) atoms. The molecule has 0 aliphatic rings. The maximum atomic E-state index is 12.5. The van der Waals surface area contributed by atoms with E-state index in [2.05, 4.69) is 14.7 Å². The van der Waals surface area contributed by atoms with Gasteiger partial charge in [0.2, 0.25) is 0 Å². The second-order valence-corrected chi connectivity index (χ2v) is 7.58. The second-order valence-electron chi connectivity index (χ2n) is 6.52. The molecule has 2 aromatic heterocycles. The minimum Gasteiger partial charge on any atom is -0.496 e. The number of hydrogen-bond donors (Lipinski definition) is 2. The first-order chi connectivity index (χ1) is 14.7. The van der Waals surface area contributed by atoms with Crippen LogP contribution < -0.4 is 15.2 Å². The Bertz CT molecular complexity index is 1240. The Balaban J connectivity index is 1.73. The minimum atomic E-state index is -4.81. The van der Waals surface area contributed by atoms with Gasteiger partial charge >= 0.3 is 6.36 Å². The molecule has 1 atom stereocenters. The van der Waals surface area contributed by atoms with Crippen LogP contribution in [-0.4, -0.2) is 28.5 Å². The average molecular weight is 447 g/mol. The molecule has 160 valence electrons. The van der Waals surface area contributed by atoms with E-state index in [-0.39, 0.29) is 17.4 Å². The summed E-state index contributed by atoms with van der Waals surface area (Å²) < 4.78 is 46.8. The van der Waals surface area contributed by atoms with E-state index >= 15 is 0 Å². The Morgan fingerprint density at radius 3 is 2.58 bits per heavy atom. The van der Waals surface area contributed by atoms with Gasteiger partial charge in [-0.3, -0.25) is 0 Å². The minimum absolute atomic E-state index is 0.150. The number of alkyl halides is 3. The molecule has 0 amide bonds. The van der Waals surface area contributed by atoms with Crippen molar-refractivity contribution in [2.75, 3.05) is 12.8 Å². The number of rotatable bonds is 5. The van der Waals surface area contributed by atoms with Gasteiger partial charge in [-0.25, -0.2) is 9.97 Å². The van der Waals surface area contributed by atoms with Gasteiger partial charge in [0.25, 0.3) is 0 Å². The zero-order chi connectivity index (χ0) is 22.2. The van der Waals surface area contributed by atoms with Crippen LogP contribution in [0.4, 0.5) is 19.0 Å². The number of nitrogens with two attached hydrogens (primary N) is 1. The molecule has 0 spiro atoms. The van der Waals surface area contributed by atoms with Crippen molar-refractivity contribution in [1.82, 2.24) is 9.97 Å². The molecule has 3 N–H and O–H groups in total. The summed E-state index contributed by atoms with van der Waals surface area (Å²) >= 11 is 1.21. The number of anilines is 1. The topological polar surface area (TPSA) is 90.5 Å². The number of benzene rings is 2. The molecule has 0 bridgehead atoms. The molecule has 4 rings (SSSR count). The zero-order valence-corrected chi connectivity index (χ0v) is 16.9. The summed E-state index contributed by atoms with van der Waals surface area (Å²) in [4.78, 5) is 9.72. The third-order valence-electron chi connectivity index (χ3n) is 4.47. The van der Waals surface area contributed by atoms with E-state index < -0.39 is 12.5 Å². The lowest BCUT2D eigenvalue weighted by Crippen LogP contribution is -2.17. The Morgan fingerprint density at radius 2 is 1.84 bits per heavy atom. The number of ether oxygens (including phenoxy) is 2. The van der Waals surface area contributed by atoms with Crippen LogP contribution in [0.2, 0.25) is 0 Å². The van der Waals surface area contributed by atoms with Crippen LogP contribution in [0.1, 0.15) is 16.5 Å². The van der Waals surface area contributed by atoms with E-state index in [1.54, 1.807) is 36.4 Å². The van der Waals surface area contributed by atoms with Gasteiger partial charge in [0, 0.05) is 16.0 Å². The molecule has 0 aliphatic heterocycles. The molecule has 2 heterocycles. The van der Waals surface area contributed by atoms with E-state index in [1.807, 2.05) is 0 Å². The first kappa shape index (κ1) is 20.9. The molecule has 6 nitrogen and oxygen atoms in total. The maximum Gasteiger partial charge on any atom is 0.573 e.